The highest BCUT2D eigenvalue weighted by molar-refractivity contribution is 5.44. The van der Waals surface area contributed by atoms with Crippen LogP contribution >= 0.6 is 0 Å². The van der Waals surface area contributed by atoms with Crippen LogP contribution in [0.25, 0.3) is 0 Å². The van der Waals surface area contributed by atoms with Crippen molar-refractivity contribution in [2.75, 3.05) is 29.9 Å². The minimum atomic E-state index is 0.813. The highest BCUT2D eigenvalue weighted by Crippen LogP contribution is 2.23. The Morgan fingerprint density at radius 2 is 2.28 bits per heavy atom. The predicted octanol–water partition coefficient (Wildman–Crippen LogP) is 2.92. The lowest BCUT2D eigenvalue weighted by molar-refractivity contribution is 0.403. The Kier molecular flexibility index (Phi) is 4.79. The van der Waals surface area contributed by atoms with E-state index in [0.29, 0.717) is 0 Å². The lowest BCUT2D eigenvalue weighted by atomic mass is 9.96. The molecule has 0 aliphatic carbocycles. The van der Waals surface area contributed by atoms with Crippen molar-refractivity contribution < 1.29 is 0 Å². The third kappa shape index (κ3) is 3.34. The van der Waals surface area contributed by atoms with E-state index >= 15 is 0 Å². The van der Waals surface area contributed by atoms with Crippen LogP contribution in [0.3, 0.4) is 0 Å². The molecule has 1 aliphatic rings. The summed E-state index contributed by atoms with van der Waals surface area (Å²) in [4.78, 5) is 11.3. The molecule has 18 heavy (non-hydrogen) atoms. The Balaban J connectivity index is 2.02. The SMILES string of the molecule is CCCNc1cncc(N2CCCC(CC)C2)n1. The van der Waals surface area contributed by atoms with Gasteiger partial charge >= 0.3 is 0 Å². The van der Waals surface area contributed by atoms with E-state index in [1.54, 1.807) is 6.20 Å². The maximum atomic E-state index is 4.65. The zero-order chi connectivity index (χ0) is 12.8. The molecule has 4 nitrogen and oxygen atoms in total. The fourth-order valence-corrected chi connectivity index (χ4v) is 2.45. The van der Waals surface area contributed by atoms with Gasteiger partial charge in [-0.25, -0.2) is 4.98 Å². The summed E-state index contributed by atoms with van der Waals surface area (Å²) in [5, 5.41) is 3.30. The van der Waals surface area contributed by atoms with Crippen molar-refractivity contribution >= 4 is 11.6 Å². The molecule has 1 saturated heterocycles. The first-order valence-corrected chi connectivity index (χ1v) is 7.14. The van der Waals surface area contributed by atoms with Gasteiger partial charge in [-0.1, -0.05) is 20.3 Å². The number of piperidine rings is 1. The van der Waals surface area contributed by atoms with E-state index in [1.807, 2.05) is 6.20 Å². The minimum absolute atomic E-state index is 0.813. The molecule has 0 saturated carbocycles. The van der Waals surface area contributed by atoms with Gasteiger partial charge in [-0.3, -0.25) is 4.98 Å². The van der Waals surface area contributed by atoms with Crippen LogP contribution in [0.2, 0.25) is 0 Å². The van der Waals surface area contributed by atoms with E-state index in [1.165, 1.54) is 19.3 Å². The molecule has 0 bridgehead atoms. The number of hydrogen-bond acceptors (Lipinski definition) is 4. The lowest BCUT2D eigenvalue weighted by Crippen LogP contribution is -2.35. The topological polar surface area (TPSA) is 41.1 Å². The van der Waals surface area contributed by atoms with Gasteiger partial charge in [0.2, 0.25) is 0 Å². The Morgan fingerprint density at radius 3 is 3.06 bits per heavy atom. The fourth-order valence-electron chi connectivity index (χ4n) is 2.45. The van der Waals surface area contributed by atoms with Crippen LogP contribution < -0.4 is 10.2 Å². The summed E-state index contributed by atoms with van der Waals surface area (Å²) < 4.78 is 0. The molecule has 0 amide bonds. The molecule has 1 N–H and O–H groups in total. The monoisotopic (exact) mass is 248 g/mol. The molecular weight excluding hydrogens is 224 g/mol. The van der Waals surface area contributed by atoms with Crippen molar-refractivity contribution in [2.24, 2.45) is 5.92 Å². The predicted molar refractivity (Wildman–Crippen MR) is 76.0 cm³/mol. The molecule has 1 fully saturated rings. The molecule has 0 aromatic carbocycles. The van der Waals surface area contributed by atoms with Gasteiger partial charge in [0.15, 0.2) is 0 Å². The number of rotatable bonds is 5. The van der Waals surface area contributed by atoms with E-state index in [4.69, 9.17) is 0 Å². The van der Waals surface area contributed by atoms with Crippen LogP contribution in [-0.2, 0) is 0 Å². The van der Waals surface area contributed by atoms with E-state index in [0.717, 1.165) is 43.6 Å². The van der Waals surface area contributed by atoms with Crippen LogP contribution in [-0.4, -0.2) is 29.6 Å². The summed E-state index contributed by atoms with van der Waals surface area (Å²) in [6.45, 7) is 7.63. The average Bonchev–Trinajstić information content (AvgIpc) is 2.45. The summed E-state index contributed by atoms with van der Waals surface area (Å²) in [6, 6.07) is 0. The molecule has 1 atom stereocenters. The highest BCUT2D eigenvalue weighted by Gasteiger charge is 2.19. The molecule has 4 heteroatoms. The summed E-state index contributed by atoms with van der Waals surface area (Å²) >= 11 is 0. The molecule has 1 aromatic rings. The van der Waals surface area contributed by atoms with Crippen LogP contribution in [0.5, 0.6) is 0 Å². The number of nitrogens with one attached hydrogen (secondary N) is 1. The molecule has 0 spiro atoms. The Bertz CT molecular complexity index is 367. The van der Waals surface area contributed by atoms with Gasteiger partial charge in [-0.15, -0.1) is 0 Å². The van der Waals surface area contributed by atoms with Gasteiger partial charge in [0.1, 0.15) is 11.6 Å². The molecule has 2 heterocycles. The molecular formula is C14H24N4. The lowest BCUT2D eigenvalue weighted by Gasteiger charge is -2.33. The molecule has 1 unspecified atom stereocenters. The third-order valence-electron chi connectivity index (χ3n) is 3.60. The fraction of sp³-hybridized carbons (Fsp3) is 0.714. The van der Waals surface area contributed by atoms with Crippen LogP contribution in [0.1, 0.15) is 39.5 Å². The van der Waals surface area contributed by atoms with Gasteiger partial charge in [0.05, 0.1) is 12.4 Å². The summed E-state index contributed by atoms with van der Waals surface area (Å²) in [5.41, 5.74) is 0. The van der Waals surface area contributed by atoms with E-state index in [2.05, 4.69) is 34.0 Å². The smallest absolute Gasteiger partial charge is 0.149 e. The number of hydrogen-bond donors (Lipinski definition) is 1. The maximum absolute atomic E-state index is 4.65. The van der Waals surface area contributed by atoms with Crippen LogP contribution in [0.15, 0.2) is 12.4 Å². The molecule has 0 radical (unpaired) electrons. The first-order chi connectivity index (χ1) is 8.83. The van der Waals surface area contributed by atoms with Crippen molar-refractivity contribution in [2.45, 2.75) is 39.5 Å². The van der Waals surface area contributed by atoms with Gasteiger partial charge in [0, 0.05) is 19.6 Å². The minimum Gasteiger partial charge on any atom is -0.369 e. The standard InChI is InChI=1S/C14H24N4/c1-3-7-16-13-9-15-10-14(17-13)18-8-5-6-12(4-2)11-18/h9-10,12H,3-8,11H2,1-2H3,(H,16,17). The van der Waals surface area contributed by atoms with Crippen LogP contribution in [0, 0.1) is 5.92 Å². The zero-order valence-electron chi connectivity index (χ0n) is 11.5. The van der Waals surface area contributed by atoms with E-state index in [9.17, 15) is 0 Å². The second-order valence-corrected chi connectivity index (χ2v) is 5.05. The van der Waals surface area contributed by atoms with Gasteiger partial charge < -0.3 is 10.2 Å². The Labute approximate surface area is 110 Å². The second-order valence-electron chi connectivity index (χ2n) is 5.05. The maximum Gasteiger partial charge on any atom is 0.149 e. The molecule has 100 valence electrons. The first-order valence-electron chi connectivity index (χ1n) is 7.14. The number of nitrogens with zero attached hydrogens (tertiary/aromatic N) is 3. The van der Waals surface area contributed by atoms with E-state index in [-0.39, 0.29) is 0 Å². The summed E-state index contributed by atoms with van der Waals surface area (Å²) in [5.74, 6) is 2.73. The van der Waals surface area contributed by atoms with Crippen molar-refractivity contribution in [1.82, 2.24) is 9.97 Å². The van der Waals surface area contributed by atoms with Gasteiger partial charge in [-0.05, 0) is 25.2 Å². The quantitative estimate of drug-likeness (QED) is 0.870. The van der Waals surface area contributed by atoms with Crippen molar-refractivity contribution in [1.29, 1.82) is 0 Å². The van der Waals surface area contributed by atoms with Crippen molar-refractivity contribution in [3.8, 4) is 0 Å². The second kappa shape index (κ2) is 6.57. The Hall–Kier alpha value is -1.32. The first kappa shape index (κ1) is 13.1. The zero-order valence-corrected chi connectivity index (χ0v) is 11.5. The Morgan fingerprint density at radius 1 is 1.39 bits per heavy atom. The van der Waals surface area contributed by atoms with Gasteiger partial charge in [-0.2, -0.15) is 0 Å². The molecule has 2 rings (SSSR count). The van der Waals surface area contributed by atoms with Crippen molar-refractivity contribution in [3.05, 3.63) is 12.4 Å². The molecule has 1 aliphatic heterocycles. The summed E-state index contributed by atoms with van der Waals surface area (Å²) in [6.07, 6.45) is 8.68. The normalized spacial score (nSPS) is 19.9. The molecule has 1 aromatic heterocycles. The number of anilines is 2. The van der Waals surface area contributed by atoms with Crippen molar-refractivity contribution in [3.63, 3.8) is 0 Å². The van der Waals surface area contributed by atoms with Gasteiger partial charge in [0.25, 0.3) is 0 Å². The average molecular weight is 248 g/mol. The summed E-state index contributed by atoms with van der Waals surface area (Å²) in [7, 11) is 0. The van der Waals surface area contributed by atoms with Crippen LogP contribution in [0.4, 0.5) is 11.6 Å². The third-order valence-corrected chi connectivity index (χ3v) is 3.60. The highest BCUT2D eigenvalue weighted by atomic mass is 15.2. The number of aromatic nitrogens is 2. The van der Waals surface area contributed by atoms with E-state index < -0.39 is 0 Å². The largest absolute Gasteiger partial charge is 0.369 e.